The highest BCUT2D eigenvalue weighted by Crippen LogP contribution is 2.18. The maximum atomic E-state index is 12.7. The van der Waals surface area contributed by atoms with Crippen LogP contribution < -0.4 is 10.9 Å². The zero-order valence-corrected chi connectivity index (χ0v) is 17.7. The molecule has 3 rings (SSSR count). The van der Waals surface area contributed by atoms with E-state index in [9.17, 15) is 18.0 Å². The highest BCUT2D eigenvalue weighted by atomic mass is 35.5. The van der Waals surface area contributed by atoms with Gasteiger partial charge in [0.15, 0.2) is 0 Å². The summed E-state index contributed by atoms with van der Waals surface area (Å²) in [6.07, 6.45) is 0.666. The first-order chi connectivity index (χ1) is 14.4. The van der Waals surface area contributed by atoms with Crippen LogP contribution in [0.1, 0.15) is 22.3 Å². The van der Waals surface area contributed by atoms with E-state index in [1.807, 2.05) is 12.1 Å². The molecule has 0 atom stereocenters. The predicted molar refractivity (Wildman–Crippen MR) is 111 cm³/mol. The lowest BCUT2D eigenvalue weighted by molar-refractivity contribution is -0.121. The molecule has 0 aliphatic carbocycles. The second-order valence-electron chi connectivity index (χ2n) is 6.67. The van der Waals surface area contributed by atoms with Crippen molar-refractivity contribution < 1.29 is 22.7 Å². The Bertz CT molecular complexity index is 1010. The largest absolute Gasteiger partial charge is 0.379 e. The second-order valence-corrected chi connectivity index (χ2v) is 9.05. The fourth-order valence-electron chi connectivity index (χ4n) is 2.90. The van der Waals surface area contributed by atoms with E-state index in [4.69, 9.17) is 16.3 Å². The van der Waals surface area contributed by atoms with E-state index in [1.54, 1.807) is 12.1 Å². The molecule has 2 amide bonds. The summed E-state index contributed by atoms with van der Waals surface area (Å²) in [5.41, 5.74) is 5.73. The molecule has 0 aromatic heterocycles. The highest BCUT2D eigenvalue weighted by Gasteiger charge is 2.26. The second kappa shape index (κ2) is 10.0. The Morgan fingerprint density at radius 3 is 2.43 bits per heavy atom. The molecule has 2 N–H and O–H groups in total. The normalized spacial score (nSPS) is 14.8. The Labute approximate surface area is 180 Å². The van der Waals surface area contributed by atoms with Gasteiger partial charge >= 0.3 is 0 Å². The van der Waals surface area contributed by atoms with Crippen molar-refractivity contribution >= 4 is 33.4 Å². The summed E-state index contributed by atoms with van der Waals surface area (Å²) in [6, 6.07) is 12.8. The summed E-state index contributed by atoms with van der Waals surface area (Å²) in [6.45, 7) is 1.20. The minimum atomic E-state index is -3.72. The average molecular weight is 452 g/mol. The van der Waals surface area contributed by atoms with Gasteiger partial charge in [-0.25, -0.2) is 8.42 Å². The number of hydrogen-bond acceptors (Lipinski definition) is 5. The number of hydrazine groups is 1. The van der Waals surface area contributed by atoms with Gasteiger partial charge in [0.1, 0.15) is 0 Å². The van der Waals surface area contributed by atoms with Crippen LogP contribution >= 0.6 is 11.6 Å². The lowest BCUT2D eigenvalue weighted by atomic mass is 10.1. The highest BCUT2D eigenvalue weighted by molar-refractivity contribution is 7.89. The molecule has 30 heavy (non-hydrogen) atoms. The summed E-state index contributed by atoms with van der Waals surface area (Å²) in [4.78, 5) is 24.4. The molecule has 0 saturated carbocycles. The maximum Gasteiger partial charge on any atom is 0.269 e. The Balaban J connectivity index is 1.55. The van der Waals surface area contributed by atoms with Crippen LogP contribution in [0.25, 0.3) is 0 Å². The van der Waals surface area contributed by atoms with Crippen molar-refractivity contribution in [2.75, 3.05) is 26.3 Å². The number of halogens is 1. The first-order valence-corrected chi connectivity index (χ1v) is 11.2. The molecule has 1 aliphatic rings. The van der Waals surface area contributed by atoms with Gasteiger partial charge in [0.2, 0.25) is 15.9 Å². The average Bonchev–Trinajstić information content (AvgIpc) is 2.77. The molecule has 0 unspecified atom stereocenters. The van der Waals surface area contributed by atoms with Crippen molar-refractivity contribution in [2.24, 2.45) is 0 Å². The van der Waals surface area contributed by atoms with Gasteiger partial charge in [-0.2, -0.15) is 4.31 Å². The third kappa shape index (κ3) is 5.79. The number of morpholine rings is 1. The molecule has 160 valence electrons. The third-order valence-electron chi connectivity index (χ3n) is 4.57. The zero-order valence-electron chi connectivity index (χ0n) is 16.1. The van der Waals surface area contributed by atoms with Gasteiger partial charge in [-0.05, 0) is 42.3 Å². The third-order valence-corrected chi connectivity index (χ3v) is 6.72. The lowest BCUT2D eigenvalue weighted by Crippen LogP contribution is -2.42. The fraction of sp³-hybridized carbons (Fsp3) is 0.300. The number of amides is 2. The van der Waals surface area contributed by atoms with Crippen molar-refractivity contribution in [3.8, 4) is 0 Å². The number of carbonyl (C=O) groups excluding carboxylic acids is 2. The SMILES string of the molecule is O=C(CCc1ccc(Cl)cc1)NNC(=O)c1cccc(S(=O)(=O)N2CCOCC2)c1. The Hall–Kier alpha value is -2.46. The van der Waals surface area contributed by atoms with Gasteiger partial charge in [-0.3, -0.25) is 20.4 Å². The van der Waals surface area contributed by atoms with Gasteiger partial charge in [-0.15, -0.1) is 0 Å². The van der Waals surface area contributed by atoms with Crippen LogP contribution in [0, 0.1) is 0 Å². The summed E-state index contributed by atoms with van der Waals surface area (Å²) in [7, 11) is -3.72. The van der Waals surface area contributed by atoms with E-state index < -0.39 is 15.9 Å². The van der Waals surface area contributed by atoms with Gasteiger partial charge < -0.3 is 4.74 Å². The smallest absolute Gasteiger partial charge is 0.269 e. The molecule has 10 heteroatoms. The maximum absolute atomic E-state index is 12.7. The topological polar surface area (TPSA) is 105 Å². The van der Waals surface area contributed by atoms with Gasteiger partial charge in [0.25, 0.3) is 5.91 Å². The van der Waals surface area contributed by atoms with Crippen molar-refractivity contribution in [3.63, 3.8) is 0 Å². The van der Waals surface area contributed by atoms with Crippen LogP contribution in [0.5, 0.6) is 0 Å². The predicted octanol–water partition coefficient (Wildman–Crippen LogP) is 1.75. The van der Waals surface area contributed by atoms with Crippen molar-refractivity contribution in [2.45, 2.75) is 17.7 Å². The first kappa shape index (κ1) is 22.2. The molecule has 8 nitrogen and oxygen atoms in total. The van der Waals surface area contributed by atoms with Gasteiger partial charge in [0, 0.05) is 30.1 Å². The van der Waals surface area contributed by atoms with E-state index in [0.29, 0.717) is 24.7 Å². The number of hydrogen-bond donors (Lipinski definition) is 2. The molecule has 0 bridgehead atoms. The number of rotatable bonds is 6. The van der Waals surface area contributed by atoms with Gasteiger partial charge in [-0.1, -0.05) is 29.8 Å². The number of aryl methyl sites for hydroxylation is 1. The van der Waals surface area contributed by atoms with Crippen LogP contribution in [0.3, 0.4) is 0 Å². The molecule has 2 aromatic carbocycles. The number of benzene rings is 2. The van der Waals surface area contributed by atoms with E-state index in [0.717, 1.165) is 5.56 Å². The number of nitrogens with one attached hydrogen (secondary N) is 2. The minimum Gasteiger partial charge on any atom is -0.379 e. The molecule has 0 spiro atoms. The van der Waals surface area contributed by atoms with Crippen LogP contribution in [-0.4, -0.2) is 50.8 Å². The zero-order chi connectivity index (χ0) is 21.6. The van der Waals surface area contributed by atoms with Crippen LogP contribution in [0.4, 0.5) is 0 Å². The molecular formula is C20H22ClN3O5S. The fourth-order valence-corrected chi connectivity index (χ4v) is 4.48. The van der Waals surface area contributed by atoms with Crippen LogP contribution in [-0.2, 0) is 26.0 Å². The molecule has 1 saturated heterocycles. The summed E-state index contributed by atoms with van der Waals surface area (Å²) >= 11 is 5.83. The van der Waals surface area contributed by atoms with Crippen molar-refractivity contribution in [1.82, 2.24) is 15.2 Å². The molecular weight excluding hydrogens is 430 g/mol. The van der Waals surface area contributed by atoms with E-state index >= 15 is 0 Å². The monoisotopic (exact) mass is 451 g/mol. The standard InChI is InChI=1S/C20H22ClN3O5S/c21-17-7-4-15(5-8-17)6-9-19(25)22-23-20(26)16-2-1-3-18(14-16)30(27,28)24-10-12-29-13-11-24/h1-5,7-8,14H,6,9-13H2,(H,22,25)(H,23,26). The van der Waals surface area contributed by atoms with Crippen LogP contribution in [0.15, 0.2) is 53.4 Å². The summed E-state index contributed by atoms with van der Waals surface area (Å²) < 4.78 is 32.0. The summed E-state index contributed by atoms with van der Waals surface area (Å²) in [5.74, 6) is -0.968. The van der Waals surface area contributed by atoms with Crippen molar-refractivity contribution in [3.05, 3.63) is 64.7 Å². The number of sulfonamides is 1. The summed E-state index contributed by atoms with van der Waals surface area (Å²) in [5, 5.41) is 0.619. The molecule has 1 heterocycles. The first-order valence-electron chi connectivity index (χ1n) is 9.38. The molecule has 1 aliphatic heterocycles. The molecule has 0 radical (unpaired) electrons. The van der Waals surface area contributed by atoms with Crippen LogP contribution in [0.2, 0.25) is 5.02 Å². The minimum absolute atomic E-state index is 0.0196. The number of nitrogens with zero attached hydrogens (tertiary/aromatic N) is 1. The Morgan fingerprint density at radius 2 is 1.73 bits per heavy atom. The Kier molecular flexibility index (Phi) is 7.43. The van der Waals surface area contributed by atoms with Crippen molar-refractivity contribution in [1.29, 1.82) is 0 Å². The van der Waals surface area contributed by atoms with E-state index in [1.165, 1.54) is 28.6 Å². The number of carbonyl (C=O) groups is 2. The molecule has 2 aromatic rings. The Morgan fingerprint density at radius 1 is 1.03 bits per heavy atom. The van der Waals surface area contributed by atoms with Gasteiger partial charge in [0.05, 0.1) is 18.1 Å². The lowest BCUT2D eigenvalue weighted by Gasteiger charge is -2.26. The number of ether oxygens (including phenoxy) is 1. The van der Waals surface area contributed by atoms with E-state index in [-0.39, 0.29) is 35.9 Å². The molecule has 1 fully saturated rings. The van der Waals surface area contributed by atoms with E-state index in [2.05, 4.69) is 10.9 Å². The quantitative estimate of drug-likeness (QED) is 0.651.